The number of pyridine rings is 2. The van der Waals surface area contributed by atoms with E-state index >= 15 is 4.39 Å². The number of unbranched alkanes of at least 4 members (excludes halogenated alkanes) is 2. The van der Waals surface area contributed by atoms with Gasteiger partial charge in [-0.25, -0.2) is 9.37 Å². The topological polar surface area (TPSA) is 297 Å². The maximum Gasteiger partial charge on any atom is 0.257 e. The third-order valence-corrected chi connectivity index (χ3v) is 14.2. The lowest BCUT2D eigenvalue weighted by Gasteiger charge is -2.37. The quantitative estimate of drug-likeness (QED) is 0.0354. The van der Waals surface area contributed by atoms with E-state index in [2.05, 4.69) is 31.9 Å². The number of aromatic nitrogens is 2. The Morgan fingerprint density at radius 3 is 2.28 bits per heavy atom. The Morgan fingerprint density at radius 2 is 1.53 bits per heavy atom. The molecule has 22 heteroatoms. The molecule has 5 heterocycles. The van der Waals surface area contributed by atoms with Crippen molar-refractivity contribution in [3.05, 3.63) is 110 Å². The molecule has 4 atom stereocenters. The number of carbonyl (C=O) groups excluding carboxylic acids is 8. The number of rotatable bonds is 22. The molecule has 75 heavy (non-hydrogen) atoms. The van der Waals surface area contributed by atoms with Crippen LogP contribution in [0.2, 0.25) is 0 Å². The first-order valence-corrected chi connectivity index (χ1v) is 25.1. The van der Waals surface area contributed by atoms with Crippen molar-refractivity contribution in [3.63, 3.8) is 0 Å². The van der Waals surface area contributed by atoms with Crippen molar-refractivity contribution in [3.8, 4) is 11.4 Å². The summed E-state index contributed by atoms with van der Waals surface area (Å²) in [6.07, 6.45) is 3.80. The van der Waals surface area contributed by atoms with Crippen molar-refractivity contribution in [2.24, 2.45) is 0 Å². The molecule has 2 unspecified atom stereocenters. The number of aliphatic hydroxyl groups is 2. The van der Waals surface area contributed by atoms with Gasteiger partial charge in [0.25, 0.3) is 17.4 Å². The molecule has 0 spiro atoms. The van der Waals surface area contributed by atoms with Crippen molar-refractivity contribution in [1.29, 1.82) is 0 Å². The van der Waals surface area contributed by atoms with E-state index in [1.165, 1.54) is 22.8 Å². The van der Waals surface area contributed by atoms with Crippen molar-refractivity contribution in [1.82, 2.24) is 46.4 Å². The normalized spacial score (nSPS) is 18.4. The Hall–Kier alpha value is -7.69. The summed E-state index contributed by atoms with van der Waals surface area (Å²) < 4.78 is 22.3. The van der Waals surface area contributed by atoms with Gasteiger partial charge in [-0.3, -0.25) is 48.1 Å². The molecule has 2 aromatic carbocycles. The molecule has 0 radical (unpaired) electrons. The number of nitrogens with zero attached hydrogens (tertiary/aromatic N) is 3. The van der Waals surface area contributed by atoms with Gasteiger partial charge in [-0.15, -0.1) is 0 Å². The maximum atomic E-state index is 15.4. The van der Waals surface area contributed by atoms with Crippen LogP contribution in [0.25, 0.3) is 22.3 Å². The van der Waals surface area contributed by atoms with E-state index in [0.29, 0.717) is 71.1 Å². The number of ether oxygens (including phenoxy) is 1. The largest absolute Gasteiger partial charge is 0.380 e. The number of fused-ring (bicyclic) bond motifs is 5. The lowest BCUT2D eigenvalue weighted by Crippen LogP contribution is -2.52. The van der Waals surface area contributed by atoms with E-state index in [4.69, 9.17) is 9.72 Å². The van der Waals surface area contributed by atoms with Crippen molar-refractivity contribution in [2.75, 3.05) is 32.7 Å². The molecule has 3 aliphatic heterocycles. The van der Waals surface area contributed by atoms with Gasteiger partial charge in [-0.2, -0.15) is 0 Å². The van der Waals surface area contributed by atoms with Gasteiger partial charge in [0.2, 0.25) is 35.4 Å². The molecular formula is C53H60FN9O12. The molecule has 0 fully saturated rings. The zero-order valence-corrected chi connectivity index (χ0v) is 41.6. The Morgan fingerprint density at radius 1 is 0.840 bits per heavy atom. The minimum atomic E-state index is -1.84. The van der Waals surface area contributed by atoms with E-state index in [9.17, 15) is 53.4 Å². The third-order valence-electron chi connectivity index (χ3n) is 14.2. The molecule has 8 amide bonds. The van der Waals surface area contributed by atoms with Crippen LogP contribution < -0.4 is 37.5 Å². The number of benzene rings is 2. The Kier molecular flexibility index (Phi) is 16.6. The van der Waals surface area contributed by atoms with Crippen molar-refractivity contribution in [2.45, 2.75) is 115 Å². The van der Waals surface area contributed by atoms with Crippen LogP contribution >= 0.6 is 0 Å². The van der Waals surface area contributed by atoms with E-state index < -0.39 is 84.5 Å². The average Bonchev–Trinajstić information content (AvgIpc) is 3.97. The van der Waals surface area contributed by atoms with Crippen molar-refractivity contribution >= 4 is 58.2 Å². The number of hydrogen-bond donors (Lipinski definition) is 8. The predicted octanol–water partition coefficient (Wildman–Crippen LogP) is 0.880. The predicted molar refractivity (Wildman–Crippen MR) is 267 cm³/mol. The van der Waals surface area contributed by atoms with E-state index in [0.717, 1.165) is 16.0 Å². The summed E-state index contributed by atoms with van der Waals surface area (Å²) in [5.41, 5.74) is 2.71. The number of aliphatic hydroxyl groups excluding tert-OH is 1. The molecule has 4 aliphatic rings. The summed E-state index contributed by atoms with van der Waals surface area (Å²) >= 11 is 0. The lowest BCUT2D eigenvalue weighted by molar-refractivity contribution is -0.236. The van der Waals surface area contributed by atoms with E-state index in [1.807, 2.05) is 0 Å². The van der Waals surface area contributed by atoms with Gasteiger partial charge in [0.1, 0.15) is 17.5 Å². The summed E-state index contributed by atoms with van der Waals surface area (Å²) in [5, 5.41) is 38.6. The summed E-state index contributed by atoms with van der Waals surface area (Å²) in [7, 11) is 0. The Balaban J connectivity index is 0.804. The number of hydrogen-bond acceptors (Lipinski definition) is 13. The molecular weight excluding hydrogens is 974 g/mol. The molecule has 8 rings (SSSR count). The molecule has 0 bridgehead atoms. The number of amides is 8. The summed E-state index contributed by atoms with van der Waals surface area (Å²) in [5.74, 6) is -4.43. The van der Waals surface area contributed by atoms with Gasteiger partial charge in [0.15, 0.2) is 6.29 Å². The highest BCUT2D eigenvalue weighted by Crippen LogP contribution is 2.46. The first-order valence-electron chi connectivity index (χ1n) is 25.1. The molecule has 0 saturated carbocycles. The highest BCUT2D eigenvalue weighted by Gasteiger charge is 2.45. The standard InChI is InChI=1S/C53H60FN9O12/c1-3-53(74)34-22-39-49-32(27-63(39)51(72)33(34)28-75-52(53)73)48-36(16-15-31-29(2)35(54)23-37(61-49)47(31)48)59-41(65)14-10-19-55-42(66)25-58-50(71)38(21-30-11-6-4-7-12-30)60-44(68)26-57-43(67)24-56-40(64)13-8-5-9-20-62-45(69)17-18-46(62)70/h4,6-7,11-12,17-18,22-23,36,38,52,73-74H,3,5,8-10,13-16,19-21,24-28H2,1-2H3,(H,55,66)(H,56,64)(H,57,67)(H,58,71)(H,59,65)(H,60,68)/t36-,38?,52?,53-/m0/s1. The summed E-state index contributed by atoms with van der Waals surface area (Å²) in [6.45, 7) is 2.27. The van der Waals surface area contributed by atoms with Crippen LogP contribution in [0.3, 0.4) is 0 Å². The smallest absolute Gasteiger partial charge is 0.257 e. The molecule has 396 valence electrons. The second-order valence-electron chi connectivity index (χ2n) is 19.1. The number of carbonyl (C=O) groups is 8. The van der Waals surface area contributed by atoms with Crippen LogP contribution in [0.4, 0.5) is 4.39 Å². The molecule has 0 saturated heterocycles. The number of imide groups is 1. The van der Waals surface area contributed by atoms with E-state index in [-0.39, 0.29) is 87.2 Å². The highest BCUT2D eigenvalue weighted by molar-refractivity contribution is 6.12. The first-order chi connectivity index (χ1) is 36.0. The van der Waals surface area contributed by atoms with Crippen LogP contribution in [0, 0.1) is 12.7 Å². The summed E-state index contributed by atoms with van der Waals surface area (Å²) in [4.78, 5) is 121. The monoisotopic (exact) mass is 1030 g/mol. The fraction of sp³-hybridized carbons (Fsp3) is 0.434. The van der Waals surface area contributed by atoms with E-state index in [1.54, 1.807) is 50.2 Å². The van der Waals surface area contributed by atoms with Gasteiger partial charge in [0, 0.05) is 72.6 Å². The number of halogens is 1. The SMILES string of the molecule is CC[C@]1(O)c2cc3n(c(=O)c2COC1O)Cc1c-3nc2cc(F)c(C)c3c2c1[C@@H](NC(=O)CCCNC(=O)CNC(=O)C(Cc1ccccc1)NC(=O)CNC(=O)CNC(=O)CCCCCN1C(=O)C=CC1=O)CC3. The Labute approximate surface area is 430 Å². The van der Waals surface area contributed by atoms with Crippen LogP contribution in [-0.4, -0.2) is 117 Å². The number of aryl methyl sites for hydroxylation is 1. The van der Waals surface area contributed by atoms with Crippen LogP contribution in [0.15, 0.2) is 59.4 Å². The average molecular weight is 1030 g/mol. The molecule has 21 nitrogen and oxygen atoms in total. The second kappa shape index (κ2) is 23.2. The molecule has 2 aromatic heterocycles. The second-order valence-corrected chi connectivity index (χ2v) is 19.1. The van der Waals surface area contributed by atoms with Gasteiger partial charge in [-0.1, -0.05) is 43.7 Å². The van der Waals surface area contributed by atoms with Gasteiger partial charge in [0.05, 0.1) is 55.7 Å². The third kappa shape index (κ3) is 11.8. The molecule has 8 N–H and O–H groups in total. The van der Waals surface area contributed by atoms with Gasteiger partial charge >= 0.3 is 0 Å². The minimum absolute atomic E-state index is 0.0143. The zero-order valence-electron chi connectivity index (χ0n) is 41.6. The van der Waals surface area contributed by atoms with Gasteiger partial charge in [-0.05, 0) is 73.8 Å². The summed E-state index contributed by atoms with van der Waals surface area (Å²) in [6, 6.07) is 10.2. The maximum absolute atomic E-state index is 15.4. The molecule has 4 aromatic rings. The lowest BCUT2D eigenvalue weighted by atomic mass is 9.81. The van der Waals surface area contributed by atoms with Gasteiger partial charge < -0.3 is 51.4 Å². The fourth-order valence-electron chi connectivity index (χ4n) is 10.1. The van der Waals surface area contributed by atoms with Crippen molar-refractivity contribution < 1.29 is 57.7 Å². The van der Waals surface area contributed by atoms with Crippen LogP contribution in [0.1, 0.15) is 103 Å². The number of nitrogens with one attached hydrogen (secondary N) is 6. The van der Waals surface area contributed by atoms with Crippen LogP contribution in [0.5, 0.6) is 0 Å². The van der Waals surface area contributed by atoms with Crippen LogP contribution in [-0.2, 0) is 74.7 Å². The Bertz CT molecular complexity index is 3030. The minimum Gasteiger partial charge on any atom is -0.380 e. The fourth-order valence-corrected chi connectivity index (χ4v) is 10.1. The highest BCUT2D eigenvalue weighted by atomic mass is 19.1. The first kappa shape index (κ1) is 53.6. The zero-order chi connectivity index (χ0) is 53.6. The molecule has 1 aliphatic carbocycles.